The average Bonchev–Trinajstić information content (AvgIpc) is 3.28. The Morgan fingerprint density at radius 2 is 1.82 bits per heavy atom. The minimum atomic E-state index is -0.531. The number of allylic oxidation sites excluding steroid dienone is 1. The first-order valence-electron chi connectivity index (χ1n) is 8.92. The summed E-state index contributed by atoms with van der Waals surface area (Å²) in [4.78, 5) is 14.3. The molecule has 0 aliphatic carbocycles. The SMILES string of the molecule is CCCCC/C=C\CC1OC1CCCCCCCC(=O)OO. The van der Waals surface area contributed by atoms with Crippen molar-refractivity contribution < 1.29 is 19.7 Å². The molecule has 1 aliphatic heterocycles. The van der Waals surface area contributed by atoms with Gasteiger partial charge in [0.2, 0.25) is 0 Å². The average molecular weight is 312 g/mol. The maximum atomic E-state index is 10.7. The number of carbonyl (C=O) groups is 1. The predicted molar refractivity (Wildman–Crippen MR) is 87.6 cm³/mol. The number of hydrogen-bond donors (Lipinski definition) is 1. The van der Waals surface area contributed by atoms with Crippen LogP contribution in [0.25, 0.3) is 0 Å². The van der Waals surface area contributed by atoms with Crippen molar-refractivity contribution in [1.82, 2.24) is 0 Å². The standard InChI is InChI=1S/C18H32O4/c1-2-3-4-5-7-10-13-16-17(21-16)14-11-8-6-9-12-15-18(19)22-20/h7,10,16-17,20H,2-6,8-9,11-15H2,1H3/b10-7-. The summed E-state index contributed by atoms with van der Waals surface area (Å²) < 4.78 is 5.68. The zero-order chi connectivity index (χ0) is 16.0. The van der Waals surface area contributed by atoms with Crippen LogP contribution < -0.4 is 0 Å². The van der Waals surface area contributed by atoms with Crippen molar-refractivity contribution in [2.24, 2.45) is 0 Å². The molecule has 2 unspecified atom stereocenters. The molecule has 0 saturated carbocycles. The van der Waals surface area contributed by atoms with Gasteiger partial charge in [0.05, 0.1) is 12.2 Å². The third kappa shape index (κ3) is 9.96. The van der Waals surface area contributed by atoms with Crippen molar-refractivity contribution >= 4 is 5.97 Å². The monoisotopic (exact) mass is 312 g/mol. The molecule has 22 heavy (non-hydrogen) atoms. The molecule has 1 heterocycles. The topological polar surface area (TPSA) is 59.1 Å². The van der Waals surface area contributed by atoms with E-state index in [2.05, 4.69) is 24.0 Å². The molecule has 0 aromatic heterocycles. The zero-order valence-corrected chi connectivity index (χ0v) is 14.0. The molecule has 0 bridgehead atoms. The third-order valence-electron chi connectivity index (χ3n) is 4.17. The van der Waals surface area contributed by atoms with Crippen molar-refractivity contribution in [2.75, 3.05) is 0 Å². The predicted octanol–water partition coefficient (Wildman–Crippen LogP) is 5.03. The number of carbonyl (C=O) groups excluding carboxylic acids is 1. The van der Waals surface area contributed by atoms with E-state index in [4.69, 9.17) is 9.99 Å². The highest BCUT2D eigenvalue weighted by atomic mass is 17.1. The number of unbranched alkanes of at least 4 members (excludes halogenated alkanes) is 7. The number of ether oxygens (including phenoxy) is 1. The molecule has 4 heteroatoms. The van der Waals surface area contributed by atoms with Crippen LogP contribution in [0.4, 0.5) is 0 Å². The molecule has 0 spiro atoms. The molecular formula is C18H32O4. The fourth-order valence-electron chi connectivity index (χ4n) is 2.69. The Balaban J connectivity index is 1.83. The number of rotatable bonds is 14. The molecule has 1 aliphatic rings. The number of epoxide rings is 1. The molecule has 0 amide bonds. The second-order valence-electron chi connectivity index (χ2n) is 6.19. The van der Waals surface area contributed by atoms with E-state index in [0.29, 0.717) is 18.6 Å². The van der Waals surface area contributed by atoms with E-state index >= 15 is 0 Å². The Morgan fingerprint density at radius 1 is 1.05 bits per heavy atom. The molecular weight excluding hydrogens is 280 g/mol. The largest absolute Gasteiger partial charge is 0.369 e. The minimum Gasteiger partial charge on any atom is -0.369 e. The van der Waals surface area contributed by atoms with E-state index in [-0.39, 0.29) is 0 Å². The Bertz CT molecular complexity index is 314. The van der Waals surface area contributed by atoms with Crippen LogP contribution in [0.3, 0.4) is 0 Å². The first kappa shape index (κ1) is 19.2. The van der Waals surface area contributed by atoms with E-state index in [9.17, 15) is 4.79 Å². The van der Waals surface area contributed by atoms with Crippen LogP contribution in [0, 0.1) is 0 Å². The summed E-state index contributed by atoms with van der Waals surface area (Å²) in [6, 6.07) is 0. The molecule has 1 N–H and O–H groups in total. The Labute approximate surface area is 134 Å². The molecule has 0 aromatic rings. The Kier molecular flexibility index (Phi) is 11.0. The second kappa shape index (κ2) is 12.7. The van der Waals surface area contributed by atoms with Gasteiger partial charge in [-0.25, -0.2) is 4.79 Å². The van der Waals surface area contributed by atoms with Gasteiger partial charge in [-0.05, 0) is 32.1 Å². The van der Waals surface area contributed by atoms with Crippen molar-refractivity contribution in [1.29, 1.82) is 0 Å². The lowest BCUT2D eigenvalue weighted by Gasteiger charge is -1.99. The van der Waals surface area contributed by atoms with E-state index in [0.717, 1.165) is 32.1 Å². The molecule has 4 nitrogen and oxygen atoms in total. The molecule has 1 fully saturated rings. The summed E-state index contributed by atoms with van der Waals surface area (Å²) in [5.74, 6) is -0.531. The van der Waals surface area contributed by atoms with Gasteiger partial charge in [0.25, 0.3) is 0 Å². The lowest BCUT2D eigenvalue weighted by molar-refractivity contribution is -0.234. The normalized spacial score (nSPS) is 20.5. The van der Waals surface area contributed by atoms with Gasteiger partial charge in [0.1, 0.15) is 0 Å². The van der Waals surface area contributed by atoms with E-state index in [1.807, 2.05) is 0 Å². The van der Waals surface area contributed by atoms with Crippen LogP contribution in [0.1, 0.15) is 84.0 Å². The van der Waals surface area contributed by atoms with Gasteiger partial charge < -0.3 is 9.62 Å². The van der Waals surface area contributed by atoms with Gasteiger partial charge in [-0.3, -0.25) is 0 Å². The third-order valence-corrected chi connectivity index (χ3v) is 4.17. The second-order valence-corrected chi connectivity index (χ2v) is 6.19. The van der Waals surface area contributed by atoms with Crippen LogP contribution in [0.5, 0.6) is 0 Å². The van der Waals surface area contributed by atoms with Crippen molar-refractivity contribution in [3.05, 3.63) is 12.2 Å². The van der Waals surface area contributed by atoms with Crippen molar-refractivity contribution in [3.8, 4) is 0 Å². The lowest BCUT2D eigenvalue weighted by atomic mass is 10.1. The van der Waals surface area contributed by atoms with Gasteiger partial charge in [0, 0.05) is 6.42 Å². The molecule has 1 saturated heterocycles. The fraction of sp³-hybridized carbons (Fsp3) is 0.833. The molecule has 1 rings (SSSR count). The van der Waals surface area contributed by atoms with Gasteiger partial charge in [0.15, 0.2) is 0 Å². The van der Waals surface area contributed by atoms with Gasteiger partial charge in [-0.15, -0.1) is 0 Å². The Hall–Kier alpha value is -0.870. The van der Waals surface area contributed by atoms with Gasteiger partial charge in [-0.1, -0.05) is 57.6 Å². The first-order valence-corrected chi connectivity index (χ1v) is 8.92. The zero-order valence-electron chi connectivity index (χ0n) is 14.0. The van der Waals surface area contributed by atoms with Crippen LogP contribution in [0.2, 0.25) is 0 Å². The van der Waals surface area contributed by atoms with Gasteiger partial charge >= 0.3 is 5.97 Å². The summed E-state index contributed by atoms with van der Waals surface area (Å²) in [6.45, 7) is 2.23. The Morgan fingerprint density at radius 3 is 2.59 bits per heavy atom. The van der Waals surface area contributed by atoms with Crippen molar-refractivity contribution in [2.45, 2.75) is 96.2 Å². The van der Waals surface area contributed by atoms with Crippen LogP contribution in [0.15, 0.2) is 12.2 Å². The summed E-state index contributed by atoms with van der Waals surface area (Å²) in [6.07, 6.45) is 18.5. The highest BCUT2D eigenvalue weighted by Crippen LogP contribution is 2.30. The molecule has 0 aromatic carbocycles. The smallest absolute Gasteiger partial charge is 0.342 e. The van der Waals surface area contributed by atoms with Crippen molar-refractivity contribution in [3.63, 3.8) is 0 Å². The highest BCUT2D eigenvalue weighted by Gasteiger charge is 2.36. The maximum absolute atomic E-state index is 10.7. The fourth-order valence-corrected chi connectivity index (χ4v) is 2.69. The summed E-state index contributed by atoms with van der Waals surface area (Å²) >= 11 is 0. The van der Waals surface area contributed by atoms with Crippen LogP contribution in [-0.4, -0.2) is 23.4 Å². The van der Waals surface area contributed by atoms with E-state index < -0.39 is 5.97 Å². The molecule has 2 atom stereocenters. The summed E-state index contributed by atoms with van der Waals surface area (Å²) in [5.41, 5.74) is 0. The highest BCUT2D eigenvalue weighted by molar-refractivity contribution is 5.68. The quantitative estimate of drug-likeness (QED) is 0.161. The maximum Gasteiger partial charge on any atom is 0.342 e. The van der Waals surface area contributed by atoms with Crippen LogP contribution >= 0.6 is 0 Å². The molecule has 128 valence electrons. The first-order chi connectivity index (χ1) is 10.8. The summed E-state index contributed by atoms with van der Waals surface area (Å²) in [7, 11) is 0. The number of hydrogen-bond acceptors (Lipinski definition) is 4. The van der Waals surface area contributed by atoms with Crippen LogP contribution in [-0.2, 0) is 14.4 Å². The summed E-state index contributed by atoms with van der Waals surface area (Å²) in [5, 5.41) is 8.12. The molecule has 0 radical (unpaired) electrons. The minimum absolute atomic E-state index is 0.314. The van der Waals surface area contributed by atoms with E-state index in [1.54, 1.807) is 0 Å². The van der Waals surface area contributed by atoms with Gasteiger partial charge in [-0.2, -0.15) is 5.26 Å². The lowest BCUT2D eigenvalue weighted by Crippen LogP contribution is -1.99. The van der Waals surface area contributed by atoms with E-state index in [1.165, 1.54) is 38.5 Å².